The van der Waals surface area contributed by atoms with Crippen LogP contribution in [0.3, 0.4) is 0 Å². The number of anilines is 1. The summed E-state index contributed by atoms with van der Waals surface area (Å²) in [7, 11) is 1.85. The second-order valence-corrected chi connectivity index (χ2v) is 4.04. The number of hydrogen-bond acceptors (Lipinski definition) is 4. The molecular weight excluding hydrogens is 226 g/mol. The van der Waals surface area contributed by atoms with E-state index < -0.39 is 0 Å². The molecule has 0 radical (unpaired) electrons. The maximum atomic E-state index is 4.40. The summed E-state index contributed by atoms with van der Waals surface area (Å²) in [6.45, 7) is 1.98. The molecule has 0 saturated heterocycles. The van der Waals surface area contributed by atoms with Crippen molar-refractivity contribution in [3.63, 3.8) is 0 Å². The third kappa shape index (κ3) is 1.52. The molecular formula is C13H13N5. The summed E-state index contributed by atoms with van der Waals surface area (Å²) in [5.41, 5.74) is 2.02. The molecule has 3 aromatic rings. The molecule has 90 valence electrons. The maximum absolute atomic E-state index is 4.40. The normalized spacial score (nSPS) is 10.8. The summed E-state index contributed by atoms with van der Waals surface area (Å²) in [5.74, 6) is 1.62. The van der Waals surface area contributed by atoms with Crippen molar-refractivity contribution < 1.29 is 0 Å². The van der Waals surface area contributed by atoms with Crippen molar-refractivity contribution >= 4 is 16.7 Å². The van der Waals surface area contributed by atoms with Gasteiger partial charge in [0.25, 0.3) is 0 Å². The average molecular weight is 239 g/mol. The smallest absolute Gasteiger partial charge is 0.162 e. The molecule has 3 rings (SSSR count). The minimum atomic E-state index is 0.801. The van der Waals surface area contributed by atoms with Crippen molar-refractivity contribution in [2.24, 2.45) is 0 Å². The van der Waals surface area contributed by atoms with Gasteiger partial charge >= 0.3 is 0 Å². The Hall–Kier alpha value is -2.43. The van der Waals surface area contributed by atoms with Crippen LogP contribution in [0.2, 0.25) is 0 Å². The highest BCUT2D eigenvalue weighted by molar-refractivity contribution is 5.80. The van der Waals surface area contributed by atoms with Crippen molar-refractivity contribution in [1.29, 1.82) is 0 Å². The third-order valence-electron chi connectivity index (χ3n) is 2.97. The van der Waals surface area contributed by atoms with Gasteiger partial charge < -0.3 is 5.32 Å². The molecule has 1 N–H and O–H groups in total. The highest BCUT2D eigenvalue weighted by Gasteiger charge is 2.11. The van der Waals surface area contributed by atoms with Gasteiger partial charge in [0.1, 0.15) is 12.1 Å². The summed E-state index contributed by atoms with van der Waals surface area (Å²) in [5, 5.41) is 8.55. The van der Waals surface area contributed by atoms with Crippen LogP contribution in [0.5, 0.6) is 0 Å². The number of benzene rings is 1. The average Bonchev–Trinajstić information content (AvgIpc) is 2.83. The third-order valence-corrected chi connectivity index (χ3v) is 2.97. The number of nitrogens with one attached hydrogen (secondary N) is 1. The van der Waals surface area contributed by atoms with Gasteiger partial charge in [-0.05, 0) is 13.0 Å². The standard InChI is InChI=1S/C13H13N5/c1-9-12(14-2)15-8-16-13(9)18-11-6-4-3-5-10(11)7-17-18/h3-8H,1-2H3,(H,14,15,16). The van der Waals surface area contributed by atoms with E-state index in [2.05, 4.69) is 20.4 Å². The summed E-state index contributed by atoms with van der Waals surface area (Å²) in [6, 6.07) is 8.06. The van der Waals surface area contributed by atoms with Gasteiger partial charge in [-0.2, -0.15) is 5.10 Å². The first kappa shape index (κ1) is 10.7. The molecule has 0 amide bonds. The van der Waals surface area contributed by atoms with Gasteiger partial charge in [-0.1, -0.05) is 18.2 Å². The van der Waals surface area contributed by atoms with Gasteiger partial charge in [0.05, 0.1) is 11.7 Å². The number of hydrogen-bond donors (Lipinski definition) is 1. The summed E-state index contributed by atoms with van der Waals surface area (Å²) in [4.78, 5) is 8.51. The van der Waals surface area contributed by atoms with Crippen molar-refractivity contribution in [2.45, 2.75) is 6.92 Å². The van der Waals surface area contributed by atoms with E-state index in [9.17, 15) is 0 Å². The number of rotatable bonds is 2. The van der Waals surface area contributed by atoms with Crippen LogP contribution in [0.4, 0.5) is 5.82 Å². The lowest BCUT2D eigenvalue weighted by molar-refractivity contribution is 0.855. The van der Waals surface area contributed by atoms with Crippen LogP contribution >= 0.6 is 0 Å². The van der Waals surface area contributed by atoms with Gasteiger partial charge in [0.15, 0.2) is 5.82 Å². The Morgan fingerprint density at radius 1 is 1.17 bits per heavy atom. The zero-order valence-electron chi connectivity index (χ0n) is 10.3. The fourth-order valence-electron chi connectivity index (χ4n) is 2.05. The van der Waals surface area contributed by atoms with Crippen molar-refractivity contribution in [3.8, 4) is 5.82 Å². The molecule has 5 nitrogen and oxygen atoms in total. The van der Waals surface area contributed by atoms with E-state index in [4.69, 9.17) is 0 Å². The van der Waals surface area contributed by atoms with Gasteiger partial charge in [0, 0.05) is 18.0 Å². The molecule has 0 saturated carbocycles. The highest BCUT2D eigenvalue weighted by Crippen LogP contribution is 2.21. The molecule has 0 spiro atoms. The highest BCUT2D eigenvalue weighted by atomic mass is 15.3. The van der Waals surface area contributed by atoms with E-state index in [1.165, 1.54) is 0 Å². The largest absolute Gasteiger partial charge is 0.373 e. The molecule has 2 heterocycles. The molecule has 5 heteroatoms. The number of para-hydroxylation sites is 1. The second kappa shape index (κ2) is 4.10. The summed E-state index contributed by atoms with van der Waals surface area (Å²) in [6.07, 6.45) is 3.39. The van der Waals surface area contributed by atoms with Crippen LogP contribution in [0.15, 0.2) is 36.8 Å². The predicted molar refractivity (Wildman–Crippen MR) is 70.9 cm³/mol. The Labute approximate surface area is 104 Å². The molecule has 0 aliphatic rings. The molecule has 0 bridgehead atoms. The van der Waals surface area contributed by atoms with Gasteiger partial charge in [-0.3, -0.25) is 0 Å². The fraction of sp³-hybridized carbons (Fsp3) is 0.154. The lowest BCUT2D eigenvalue weighted by Crippen LogP contribution is -2.06. The number of fused-ring (bicyclic) bond motifs is 1. The molecule has 0 unspecified atom stereocenters. The van der Waals surface area contributed by atoms with Crippen LogP contribution in [0.1, 0.15) is 5.56 Å². The Bertz CT molecular complexity index is 701. The predicted octanol–water partition coefficient (Wildman–Crippen LogP) is 2.17. The molecule has 0 aliphatic heterocycles. The van der Waals surface area contributed by atoms with Crippen LogP contribution in [0.25, 0.3) is 16.7 Å². The zero-order valence-corrected chi connectivity index (χ0v) is 10.3. The topological polar surface area (TPSA) is 55.6 Å². The van der Waals surface area contributed by atoms with E-state index in [1.807, 2.05) is 49.1 Å². The second-order valence-electron chi connectivity index (χ2n) is 4.04. The van der Waals surface area contributed by atoms with Gasteiger partial charge in [-0.25, -0.2) is 14.6 Å². The minimum absolute atomic E-state index is 0.801. The van der Waals surface area contributed by atoms with Crippen LogP contribution < -0.4 is 5.32 Å². The zero-order chi connectivity index (χ0) is 12.5. The van der Waals surface area contributed by atoms with E-state index in [1.54, 1.807) is 6.33 Å². The van der Waals surface area contributed by atoms with E-state index in [0.717, 1.165) is 28.1 Å². The van der Waals surface area contributed by atoms with Crippen molar-refractivity contribution in [3.05, 3.63) is 42.4 Å². The van der Waals surface area contributed by atoms with Gasteiger partial charge in [0.2, 0.25) is 0 Å². The van der Waals surface area contributed by atoms with Crippen LogP contribution in [-0.2, 0) is 0 Å². The first-order valence-corrected chi connectivity index (χ1v) is 5.74. The SMILES string of the molecule is CNc1ncnc(-n2ncc3ccccc32)c1C. The first-order valence-electron chi connectivity index (χ1n) is 5.74. The number of aromatic nitrogens is 4. The number of nitrogens with zero attached hydrogens (tertiary/aromatic N) is 4. The molecule has 0 atom stereocenters. The molecule has 1 aromatic carbocycles. The van der Waals surface area contributed by atoms with Crippen LogP contribution in [0, 0.1) is 6.92 Å². The fourth-order valence-corrected chi connectivity index (χ4v) is 2.05. The Morgan fingerprint density at radius 2 is 2.00 bits per heavy atom. The lowest BCUT2D eigenvalue weighted by Gasteiger charge is -2.09. The quantitative estimate of drug-likeness (QED) is 0.744. The molecule has 0 aliphatic carbocycles. The lowest BCUT2D eigenvalue weighted by atomic mass is 10.2. The monoisotopic (exact) mass is 239 g/mol. The van der Waals surface area contributed by atoms with E-state index in [-0.39, 0.29) is 0 Å². The Balaban J connectivity index is 2.26. The maximum Gasteiger partial charge on any atom is 0.162 e. The van der Waals surface area contributed by atoms with Crippen molar-refractivity contribution in [1.82, 2.24) is 19.7 Å². The first-order chi connectivity index (χ1) is 8.81. The van der Waals surface area contributed by atoms with E-state index >= 15 is 0 Å². The van der Waals surface area contributed by atoms with Crippen LogP contribution in [-0.4, -0.2) is 26.8 Å². The summed E-state index contributed by atoms with van der Waals surface area (Å²) < 4.78 is 1.84. The molecule has 2 aromatic heterocycles. The minimum Gasteiger partial charge on any atom is -0.373 e. The summed E-state index contributed by atoms with van der Waals surface area (Å²) >= 11 is 0. The molecule has 0 fully saturated rings. The molecule has 18 heavy (non-hydrogen) atoms. The van der Waals surface area contributed by atoms with Crippen molar-refractivity contribution in [2.75, 3.05) is 12.4 Å². The van der Waals surface area contributed by atoms with E-state index in [0.29, 0.717) is 0 Å². The Kier molecular flexibility index (Phi) is 2.44. The van der Waals surface area contributed by atoms with Gasteiger partial charge in [-0.15, -0.1) is 0 Å². The Morgan fingerprint density at radius 3 is 2.83 bits per heavy atom.